The lowest BCUT2D eigenvalue weighted by Gasteiger charge is -2.30. The van der Waals surface area contributed by atoms with E-state index in [1.807, 2.05) is 12.3 Å². The number of pyridine rings is 1. The molecule has 240 valence electrons. The number of para-hydroxylation sites is 1. The van der Waals surface area contributed by atoms with E-state index in [0.717, 1.165) is 39.7 Å². The van der Waals surface area contributed by atoms with Crippen LogP contribution >= 0.6 is 0 Å². The summed E-state index contributed by atoms with van der Waals surface area (Å²) in [4.78, 5) is 4.84. The summed E-state index contributed by atoms with van der Waals surface area (Å²) < 4.78 is 11.0. The number of aryl methyl sites for hydroxylation is 1. The van der Waals surface area contributed by atoms with E-state index in [-0.39, 0.29) is 5.41 Å². The molecule has 0 amide bonds. The van der Waals surface area contributed by atoms with Crippen LogP contribution in [0.25, 0.3) is 33.3 Å². The Morgan fingerprint density at radius 2 is 1.62 bits per heavy atom. The highest BCUT2D eigenvalue weighted by Crippen LogP contribution is 2.44. The van der Waals surface area contributed by atoms with Crippen LogP contribution in [0.4, 0.5) is 0 Å². The van der Waals surface area contributed by atoms with Crippen molar-refractivity contribution in [1.29, 1.82) is 0 Å². The van der Waals surface area contributed by atoms with E-state index in [2.05, 4.69) is 144 Å². The van der Waals surface area contributed by atoms with Gasteiger partial charge in [0, 0.05) is 40.6 Å². The number of aromatic nitrogens is 4. The van der Waals surface area contributed by atoms with Gasteiger partial charge in [-0.05, 0) is 92.0 Å². The van der Waals surface area contributed by atoms with E-state index < -0.39 is 0 Å². The molecule has 3 aromatic carbocycles. The third-order valence-corrected chi connectivity index (χ3v) is 9.93. The predicted octanol–water partition coefficient (Wildman–Crippen LogP) is 11.3. The lowest BCUT2D eigenvalue weighted by molar-refractivity contribution is 0.445. The summed E-state index contributed by atoms with van der Waals surface area (Å²) in [5.74, 6) is 3.80. The van der Waals surface area contributed by atoms with Crippen molar-refractivity contribution in [3.05, 3.63) is 119 Å². The maximum Gasteiger partial charge on any atom is 0.137 e. The Kier molecular flexibility index (Phi) is 7.82. The van der Waals surface area contributed by atoms with Crippen LogP contribution in [0.1, 0.15) is 95.7 Å². The minimum Gasteiger partial charge on any atom is -0.457 e. The molecule has 7 rings (SSSR count). The van der Waals surface area contributed by atoms with Crippen molar-refractivity contribution in [1.82, 2.24) is 19.3 Å². The van der Waals surface area contributed by atoms with Gasteiger partial charge < -0.3 is 4.74 Å². The fourth-order valence-corrected chi connectivity index (χ4v) is 7.61. The second-order valence-electron chi connectivity index (χ2n) is 14.7. The summed E-state index contributed by atoms with van der Waals surface area (Å²) in [6, 6.07) is 27.6. The van der Waals surface area contributed by atoms with Gasteiger partial charge in [-0.2, -0.15) is 5.10 Å². The SMILES string of the molecule is CC1=CCC[C@H](C)[C@@H]1c1c(C)nn(-c2cccc(Oc3ccc4c5ccccc5n(-c5cc(C(C)(C)C)ccn5)c4c3)c2)c1C(C)C. The minimum absolute atomic E-state index is 0.0171. The fraction of sp³-hybridized carbons (Fsp3) is 0.333. The zero-order valence-electron chi connectivity index (χ0n) is 29.0. The zero-order chi connectivity index (χ0) is 33.0. The minimum atomic E-state index is 0.0171. The summed E-state index contributed by atoms with van der Waals surface area (Å²) in [6.45, 7) is 18.1. The van der Waals surface area contributed by atoms with E-state index in [0.29, 0.717) is 17.8 Å². The molecule has 3 aromatic heterocycles. The van der Waals surface area contributed by atoms with E-state index in [1.165, 1.54) is 46.0 Å². The zero-order valence-corrected chi connectivity index (χ0v) is 29.0. The van der Waals surface area contributed by atoms with E-state index in [9.17, 15) is 0 Å². The fourth-order valence-electron chi connectivity index (χ4n) is 7.61. The van der Waals surface area contributed by atoms with Crippen molar-refractivity contribution in [3.8, 4) is 23.0 Å². The smallest absolute Gasteiger partial charge is 0.137 e. The van der Waals surface area contributed by atoms with Crippen LogP contribution in [0.3, 0.4) is 0 Å². The highest BCUT2D eigenvalue weighted by Gasteiger charge is 2.31. The van der Waals surface area contributed by atoms with Gasteiger partial charge in [-0.15, -0.1) is 0 Å². The Morgan fingerprint density at radius 3 is 2.38 bits per heavy atom. The van der Waals surface area contributed by atoms with Gasteiger partial charge in [0.05, 0.1) is 28.1 Å². The first-order chi connectivity index (χ1) is 22.5. The summed E-state index contributed by atoms with van der Waals surface area (Å²) in [5.41, 5.74) is 9.76. The average molecular weight is 623 g/mol. The van der Waals surface area contributed by atoms with Crippen molar-refractivity contribution in [2.45, 2.75) is 85.5 Å². The van der Waals surface area contributed by atoms with Crippen LogP contribution in [0.15, 0.2) is 96.7 Å². The van der Waals surface area contributed by atoms with Gasteiger partial charge in [-0.1, -0.05) is 77.5 Å². The Labute approximate surface area is 278 Å². The molecule has 1 aliphatic rings. The molecule has 0 unspecified atom stereocenters. The number of hydrogen-bond acceptors (Lipinski definition) is 3. The van der Waals surface area contributed by atoms with E-state index >= 15 is 0 Å². The Bertz CT molecular complexity index is 2140. The standard InChI is InChI=1S/C42H46N4O/c1-26(2)41-40(39-27(3)13-11-14-28(39)4)29(5)44-46(41)31-15-12-16-32(24-31)47-33-19-20-35-34-17-9-10-18-36(34)45(37(35)25-33)38-23-30(21-22-43-38)42(6,7)8/h9-10,12-13,15-26,28,39H,11,14H2,1-8H3/t28-,39+/m0/s1. The van der Waals surface area contributed by atoms with Gasteiger partial charge in [0.2, 0.25) is 0 Å². The quantitative estimate of drug-likeness (QED) is 0.174. The van der Waals surface area contributed by atoms with Gasteiger partial charge in [0.25, 0.3) is 0 Å². The second-order valence-corrected chi connectivity index (χ2v) is 14.7. The molecule has 2 atom stereocenters. The Balaban J connectivity index is 1.29. The first kappa shape index (κ1) is 31.0. The molecule has 0 N–H and O–H groups in total. The normalized spacial score (nSPS) is 17.1. The van der Waals surface area contributed by atoms with Crippen molar-refractivity contribution in [3.63, 3.8) is 0 Å². The number of hydrogen-bond donors (Lipinski definition) is 0. The lowest BCUT2D eigenvalue weighted by atomic mass is 9.74. The summed E-state index contributed by atoms with van der Waals surface area (Å²) in [5, 5.41) is 7.52. The summed E-state index contributed by atoms with van der Waals surface area (Å²) >= 11 is 0. The first-order valence-electron chi connectivity index (χ1n) is 17.1. The van der Waals surface area contributed by atoms with Crippen LogP contribution in [0.5, 0.6) is 11.5 Å². The Hall–Kier alpha value is -4.64. The molecule has 47 heavy (non-hydrogen) atoms. The molecule has 0 saturated heterocycles. The molecule has 0 radical (unpaired) electrons. The van der Waals surface area contributed by atoms with Crippen LogP contribution < -0.4 is 4.74 Å². The van der Waals surface area contributed by atoms with Gasteiger partial charge in [-0.25, -0.2) is 9.67 Å². The molecule has 5 heteroatoms. The van der Waals surface area contributed by atoms with E-state index in [1.54, 1.807) is 0 Å². The van der Waals surface area contributed by atoms with Crippen molar-refractivity contribution in [2.75, 3.05) is 0 Å². The molecule has 0 spiro atoms. The number of fused-ring (bicyclic) bond motifs is 3. The molecule has 0 fully saturated rings. The molecule has 0 aliphatic heterocycles. The Morgan fingerprint density at radius 1 is 0.851 bits per heavy atom. The highest BCUT2D eigenvalue weighted by molar-refractivity contribution is 6.09. The number of nitrogens with zero attached hydrogens (tertiary/aromatic N) is 4. The summed E-state index contributed by atoms with van der Waals surface area (Å²) in [6.07, 6.45) is 6.73. The molecular formula is C42H46N4O. The van der Waals surface area contributed by atoms with Crippen molar-refractivity contribution >= 4 is 21.8 Å². The van der Waals surface area contributed by atoms with Gasteiger partial charge in [0.15, 0.2) is 0 Å². The largest absolute Gasteiger partial charge is 0.457 e. The molecular weight excluding hydrogens is 576 g/mol. The number of benzene rings is 3. The molecule has 0 bridgehead atoms. The van der Waals surface area contributed by atoms with Gasteiger partial charge in [0.1, 0.15) is 17.3 Å². The topological polar surface area (TPSA) is 44.9 Å². The molecule has 1 aliphatic carbocycles. The van der Waals surface area contributed by atoms with Crippen molar-refractivity contribution in [2.24, 2.45) is 5.92 Å². The van der Waals surface area contributed by atoms with Crippen LogP contribution in [0, 0.1) is 12.8 Å². The molecule has 5 nitrogen and oxygen atoms in total. The highest BCUT2D eigenvalue weighted by atomic mass is 16.5. The second kappa shape index (κ2) is 11.9. The summed E-state index contributed by atoms with van der Waals surface area (Å²) in [7, 11) is 0. The number of rotatable bonds is 6. The van der Waals surface area contributed by atoms with Crippen LogP contribution in [-0.4, -0.2) is 19.3 Å². The predicted molar refractivity (Wildman–Crippen MR) is 195 cm³/mol. The number of allylic oxidation sites excluding steroid dienone is 2. The van der Waals surface area contributed by atoms with Crippen LogP contribution in [0.2, 0.25) is 0 Å². The maximum atomic E-state index is 6.62. The maximum absolute atomic E-state index is 6.62. The third-order valence-electron chi connectivity index (χ3n) is 9.93. The van der Waals surface area contributed by atoms with Crippen LogP contribution in [-0.2, 0) is 5.41 Å². The van der Waals surface area contributed by atoms with E-state index in [4.69, 9.17) is 14.8 Å². The lowest BCUT2D eigenvalue weighted by Crippen LogP contribution is -2.18. The first-order valence-corrected chi connectivity index (χ1v) is 17.1. The third kappa shape index (κ3) is 5.56. The monoisotopic (exact) mass is 622 g/mol. The number of ether oxygens (including phenoxy) is 1. The van der Waals surface area contributed by atoms with Gasteiger partial charge in [-0.3, -0.25) is 4.57 Å². The molecule has 0 saturated carbocycles. The molecule has 3 heterocycles. The van der Waals surface area contributed by atoms with Crippen molar-refractivity contribution < 1.29 is 4.74 Å². The molecule has 6 aromatic rings. The average Bonchev–Trinajstić information content (AvgIpc) is 3.55. The van der Waals surface area contributed by atoms with Gasteiger partial charge >= 0.3 is 0 Å².